The summed E-state index contributed by atoms with van der Waals surface area (Å²) in [6.45, 7) is 12.4. The molecule has 1 aliphatic heterocycles. The smallest absolute Gasteiger partial charge is 0.280 e. The van der Waals surface area contributed by atoms with Crippen LogP contribution in [0.3, 0.4) is 0 Å². The number of anilines is 1. The zero-order valence-corrected chi connectivity index (χ0v) is 21.7. The first kappa shape index (κ1) is 26.4. The molecule has 3 atom stereocenters. The fourth-order valence-electron chi connectivity index (χ4n) is 5.35. The average Bonchev–Trinajstić information content (AvgIpc) is 2.93. The molecule has 7 nitrogen and oxygen atoms in total. The van der Waals surface area contributed by atoms with Crippen LogP contribution in [0.15, 0.2) is 65.5 Å². The van der Waals surface area contributed by atoms with Crippen molar-refractivity contribution in [2.24, 2.45) is 7.05 Å². The maximum Gasteiger partial charge on any atom is 0.280 e. The van der Waals surface area contributed by atoms with Crippen LogP contribution >= 0.6 is 0 Å². The van der Waals surface area contributed by atoms with Crippen molar-refractivity contribution in [1.82, 2.24) is 19.4 Å². The molecule has 39 heavy (non-hydrogen) atoms. The van der Waals surface area contributed by atoms with Crippen molar-refractivity contribution in [1.29, 1.82) is 0 Å². The van der Waals surface area contributed by atoms with Crippen molar-refractivity contribution in [3.63, 3.8) is 0 Å². The number of hydrogen-bond donors (Lipinski definition) is 0. The number of halogens is 3. The third kappa shape index (κ3) is 4.98. The Labute approximate surface area is 224 Å². The Morgan fingerprint density at radius 2 is 1.69 bits per heavy atom. The lowest BCUT2D eigenvalue weighted by atomic mass is 9.96. The minimum atomic E-state index is -2.71. The molecule has 4 heterocycles. The molecule has 0 spiro atoms. The lowest BCUT2D eigenvalue weighted by Gasteiger charge is -2.48. The number of hydrogen-bond acceptors (Lipinski definition) is 5. The van der Waals surface area contributed by atoms with Gasteiger partial charge >= 0.3 is 0 Å². The summed E-state index contributed by atoms with van der Waals surface area (Å²) in [5.41, 5.74) is 2.54. The normalized spacial score (nSPS) is 18.9. The van der Waals surface area contributed by atoms with E-state index in [0.29, 0.717) is 35.5 Å². The third-order valence-corrected chi connectivity index (χ3v) is 7.33. The largest absolute Gasteiger partial charge is 0.362 e. The van der Waals surface area contributed by atoms with Crippen molar-refractivity contribution in [3.8, 4) is 0 Å². The summed E-state index contributed by atoms with van der Waals surface area (Å²) in [4.78, 5) is 29.4. The first-order chi connectivity index (χ1) is 18.7. The Balaban J connectivity index is 1.56. The lowest BCUT2D eigenvalue weighted by molar-refractivity contribution is 0.124. The topological polar surface area (TPSA) is 58.6 Å². The van der Waals surface area contributed by atoms with Gasteiger partial charge in [-0.2, -0.15) is 0 Å². The van der Waals surface area contributed by atoms with Gasteiger partial charge in [0, 0.05) is 38.3 Å². The summed E-state index contributed by atoms with van der Waals surface area (Å²) in [5.74, 6) is -0.148. The fraction of sp³-hybridized carbons (Fsp3) is 0.310. The van der Waals surface area contributed by atoms with E-state index >= 15 is 0 Å². The molecule has 0 aliphatic carbocycles. The summed E-state index contributed by atoms with van der Waals surface area (Å²) in [6.07, 6.45) is -2.71. The molecular formula is C29H27F3N6O. The maximum atomic E-state index is 13.8. The van der Waals surface area contributed by atoms with Crippen LogP contribution in [0.25, 0.3) is 15.9 Å². The van der Waals surface area contributed by atoms with Gasteiger partial charge in [-0.1, -0.05) is 24.8 Å². The zero-order valence-electron chi connectivity index (χ0n) is 21.7. The zero-order chi connectivity index (χ0) is 27.8. The van der Waals surface area contributed by atoms with Gasteiger partial charge in [0.05, 0.1) is 22.9 Å². The van der Waals surface area contributed by atoms with Gasteiger partial charge < -0.3 is 14.3 Å². The van der Waals surface area contributed by atoms with Gasteiger partial charge in [-0.05, 0) is 55.8 Å². The number of rotatable bonds is 5. The molecule has 0 N–H and O–H groups in total. The highest BCUT2D eigenvalue weighted by Crippen LogP contribution is 2.36. The highest BCUT2D eigenvalue weighted by Gasteiger charge is 2.37. The molecule has 3 aromatic heterocycles. The summed E-state index contributed by atoms with van der Waals surface area (Å²) in [5, 5.41) is 0. The van der Waals surface area contributed by atoms with Gasteiger partial charge in [0.1, 0.15) is 11.5 Å². The standard InChI is InChI=1S/C29H27F3N6O/c1-17-16-38(28(19-8-10-20(30)11-9-19)21-6-5-7-22(34-21)29(31)32)18(2)15-37(17)24-14-26(39)36(4)23-12-13-25(33-3)35-27(23)24/h5-14,17-18,28-29H,15-16H2,1-2,4H3/t17-,18+,28?/m0/s1. The molecule has 1 unspecified atom stereocenters. The SMILES string of the molecule is [C-]#[N+]c1ccc2c(n1)c(N1C[C@@H](C)N(C(c3ccc(F)cc3)c3cccc(C(F)F)n3)C[C@@H]1C)cc(=O)n2C. The molecule has 10 heteroatoms. The highest BCUT2D eigenvalue weighted by atomic mass is 19.3. The van der Waals surface area contributed by atoms with Gasteiger partial charge in [0.2, 0.25) is 5.52 Å². The quantitative estimate of drug-likeness (QED) is 0.311. The van der Waals surface area contributed by atoms with Crippen LogP contribution < -0.4 is 10.5 Å². The van der Waals surface area contributed by atoms with Crippen LogP contribution in [0.5, 0.6) is 0 Å². The van der Waals surface area contributed by atoms with E-state index in [4.69, 9.17) is 6.57 Å². The molecule has 1 aliphatic rings. The molecular weight excluding hydrogens is 505 g/mol. The minimum absolute atomic E-state index is 0.114. The predicted molar refractivity (Wildman–Crippen MR) is 144 cm³/mol. The highest BCUT2D eigenvalue weighted by molar-refractivity contribution is 5.89. The molecule has 1 fully saturated rings. The summed E-state index contributed by atoms with van der Waals surface area (Å²) >= 11 is 0. The summed E-state index contributed by atoms with van der Waals surface area (Å²) in [7, 11) is 1.67. The van der Waals surface area contributed by atoms with Crippen molar-refractivity contribution in [3.05, 3.63) is 105 Å². The Morgan fingerprint density at radius 3 is 2.38 bits per heavy atom. The summed E-state index contributed by atoms with van der Waals surface area (Å²) < 4.78 is 42.4. The molecule has 4 aromatic rings. The van der Waals surface area contributed by atoms with E-state index in [1.54, 1.807) is 49.5 Å². The Hall–Kier alpha value is -4.23. The van der Waals surface area contributed by atoms with Crippen LogP contribution in [0.4, 0.5) is 24.7 Å². The number of alkyl halides is 2. The predicted octanol–water partition coefficient (Wildman–Crippen LogP) is 5.64. The van der Waals surface area contributed by atoms with Crippen LogP contribution in [-0.4, -0.2) is 44.6 Å². The second kappa shape index (κ2) is 10.5. The molecule has 0 amide bonds. The van der Waals surface area contributed by atoms with E-state index in [2.05, 4.69) is 24.6 Å². The minimum Gasteiger partial charge on any atom is -0.362 e. The monoisotopic (exact) mass is 532 g/mol. The van der Waals surface area contributed by atoms with Crippen LogP contribution in [0, 0.1) is 12.4 Å². The number of benzene rings is 1. The third-order valence-electron chi connectivity index (χ3n) is 7.33. The van der Waals surface area contributed by atoms with Gasteiger partial charge in [0.15, 0.2) is 0 Å². The van der Waals surface area contributed by atoms with E-state index in [9.17, 15) is 18.0 Å². The molecule has 1 saturated heterocycles. The average molecular weight is 533 g/mol. The molecule has 0 radical (unpaired) electrons. The molecule has 5 rings (SSSR count). The van der Waals surface area contributed by atoms with Crippen molar-refractivity contribution in [2.75, 3.05) is 18.0 Å². The number of fused-ring (bicyclic) bond motifs is 1. The fourth-order valence-corrected chi connectivity index (χ4v) is 5.35. The number of aryl methyl sites for hydroxylation is 1. The van der Waals surface area contributed by atoms with Crippen molar-refractivity contribution in [2.45, 2.75) is 38.4 Å². The maximum absolute atomic E-state index is 13.8. The Kier molecular flexibility index (Phi) is 7.10. The number of aromatic nitrogens is 3. The van der Waals surface area contributed by atoms with E-state index < -0.39 is 12.5 Å². The van der Waals surface area contributed by atoms with E-state index in [1.165, 1.54) is 22.8 Å². The van der Waals surface area contributed by atoms with E-state index in [-0.39, 0.29) is 35.0 Å². The van der Waals surface area contributed by atoms with Crippen LogP contribution in [0.1, 0.15) is 43.3 Å². The molecule has 0 bridgehead atoms. The van der Waals surface area contributed by atoms with Gasteiger partial charge in [0.25, 0.3) is 17.8 Å². The first-order valence-corrected chi connectivity index (χ1v) is 12.6. The number of piperazine rings is 1. The van der Waals surface area contributed by atoms with Crippen molar-refractivity contribution >= 4 is 22.5 Å². The summed E-state index contributed by atoms with van der Waals surface area (Å²) in [6, 6.07) is 14.8. The van der Waals surface area contributed by atoms with Gasteiger partial charge in [-0.3, -0.25) is 9.69 Å². The molecule has 0 saturated carbocycles. The second-order valence-corrected chi connectivity index (χ2v) is 9.87. The van der Waals surface area contributed by atoms with Gasteiger partial charge in [-0.15, -0.1) is 4.98 Å². The van der Waals surface area contributed by atoms with Gasteiger partial charge in [-0.25, -0.2) is 18.2 Å². The van der Waals surface area contributed by atoms with Crippen LogP contribution in [0.2, 0.25) is 0 Å². The second-order valence-electron chi connectivity index (χ2n) is 9.87. The first-order valence-electron chi connectivity index (χ1n) is 12.6. The Bertz CT molecular complexity index is 1610. The van der Waals surface area contributed by atoms with E-state index in [0.717, 1.165) is 5.56 Å². The number of nitrogens with zero attached hydrogens (tertiary/aromatic N) is 6. The molecule has 1 aromatic carbocycles. The Morgan fingerprint density at radius 1 is 0.974 bits per heavy atom. The van der Waals surface area contributed by atoms with Crippen molar-refractivity contribution < 1.29 is 13.2 Å². The number of pyridine rings is 3. The lowest BCUT2D eigenvalue weighted by Crippen LogP contribution is -2.57. The van der Waals surface area contributed by atoms with E-state index in [1.807, 2.05) is 13.8 Å². The van der Waals surface area contributed by atoms with Crippen LogP contribution in [-0.2, 0) is 7.05 Å². The molecule has 200 valence electrons.